The van der Waals surface area contributed by atoms with Crippen LogP contribution in [0, 0.1) is 0 Å². The first-order chi connectivity index (χ1) is 13.0. The molecule has 0 spiro atoms. The Hall–Kier alpha value is -2.79. The van der Waals surface area contributed by atoms with E-state index in [1.165, 1.54) is 0 Å². The zero-order valence-electron chi connectivity index (χ0n) is 15.6. The van der Waals surface area contributed by atoms with E-state index in [0.717, 1.165) is 16.9 Å². The number of nitrogens with one attached hydrogen (secondary N) is 1. The van der Waals surface area contributed by atoms with Gasteiger partial charge in [-0.05, 0) is 37.6 Å². The summed E-state index contributed by atoms with van der Waals surface area (Å²) < 4.78 is 7.16. The van der Waals surface area contributed by atoms with Crippen molar-refractivity contribution < 1.29 is 9.53 Å². The number of benzene rings is 2. The van der Waals surface area contributed by atoms with Crippen molar-refractivity contribution in [1.29, 1.82) is 0 Å². The van der Waals surface area contributed by atoms with Crippen molar-refractivity contribution in [3.8, 4) is 17.0 Å². The second-order valence-corrected chi connectivity index (χ2v) is 6.65. The molecule has 2 aromatic carbocycles. The average molecular weight is 384 g/mol. The van der Waals surface area contributed by atoms with E-state index in [2.05, 4.69) is 10.4 Å². The summed E-state index contributed by atoms with van der Waals surface area (Å²) in [4.78, 5) is 12.9. The first-order valence-corrected chi connectivity index (χ1v) is 9.19. The fraction of sp³-hybridized carbons (Fsp3) is 0.238. The molecule has 5 nitrogen and oxygen atoms in total. The molecule has 1 N–H and O–H groups in total. The maximum absolute atomic E-state index is 12.9. The average Bonchev–Trinajstić information content (AvgIpc) is 3.04. The van der Waals surface area contributed by atoms with Crippen molar-refractivity contribution in [1.82, 2.24) is 15.1 Å². The third kappa shape index (κ3) is 4.31. The normalized spacial score (nSPS) is 11.9. The minimum atomic E-state index is -0.202. The molecular formula is C21H22ClN3O2. The van der Waals surface area contributed by atoms with Gasteiger partial charge in [0.05, 0.1) is 23.2 Å². The van der Waals surface area contributed by atoms with Gasteiger partial charge in [0.2, 0.25) is 0 Å². The number of carbonyl (C=O) groups is 1. The van der Waals surface area contributed by atoms with Crippen LogP contribution in [0.2, 0.25) is 5.02 Å². The lowest BCUT2D eigenvalue weighted by Gasteiger charge is -2.15. The molecule has 0 fully saturated rings. The summed E-state index contributed by atoms with van der Waals surface area (Å²) in [6.07, 6.45) is 1.71. The molecule has 3 aromatic rings. The van der Waals surface area contributed by atoms with Gasteiger partial charge in [-0.3, -0.25) is 9.48 Å². The molecular weight excluding hydrogens is 362 g/mol. The quantitative estimate of drug-likeness (QED) is 0.675. The van der Waals surface area contributed by atoms with Crippen molar-refractivity contribution >= 4 is 17.5 Å². The lowest BCUT2D eigenvalue weighted by molar-refractivity contribution is 0.0940. The molecule has 1 aromatic heterocycles. The molecule has 3 rings (SSSR count). The number of aryl methyl sites for hydroxylation is 1. The number of carbonyl (C=O) groups excluding carboxylic acids is 1. The Bertz CT molecular complexity index is 952. The van der Waals surface area contributed by atoms with Gasteiger partial charge in [0, 0.05) is 18.8 Å². The first kappa shape index (κ1) is 19.0. The predicted octanol–water partition coefficient (Wildman–Crippen LogP) is 4.63. The second-order valence-electron chi connectivity index (χ2n) is 6.25. The molecule has 0 aliphatic carbocycles. The molecule has 1 heterocycles. The van der Waals surface area contributed by atoms with Crippen molar-refractivity contribution in [2.45, 2.75) is 19.9 Å². The van der Waals surface area contributed by atoms with Gasteiger partial charge in [-0.1, -0.05) is 41.9 Å². The predicted molar refractivity (Wildman–Crippen MR) is 107 cm³/mol. The van der Waals surface area contributed by atoms with E-state index < -0.39 is 0 Å². The number of nitrogens with zero attached hydrogens (tertiary/aromatic N) is 2. The molecule has 1 atom stereocenters. The molecule has 1 unspecified atom stereocenters. The molecule has 140 valence electrons. The highest BCUT2D eigenvalue weighted by Gasteiger charge is 2.20. The van der Waals surface area contributed by atoms with Crippen LogP contribution in [0.5, 0.6) is 5.75 Å². The zero-order chi connectivity index (χ0) is 19.4. The summed E-state index contributed by atoms with van der Waals surface area (Å²) in [5.74, 6) is 0.585. The molecule has 0 aliphatic heterocycles. The van der Waals surface area contributed by atoms with Crippen LogP contribution in [-0.2, 0) is 7.05 Å². The van der Waals surface area contributed by atoms with Gasteiger partial charge in [0.1, 0.15) is 11.4 Å². The summed E-state index contributed by atoms with van der Waals surface area (Å²) >= 11 is 6.30. The molecule has 1 amide bonds. The van der Waals surface area contributed by atoms with Crippen LogP contribution in [0.1, 0.15) is 35.8 Å². The fourth-order valence-corrected chi connectivity index (χ4v) is 3.13. The second kappa shape index (κ2) is 8.27. The van der Waals surface area contributed by atoms with E-state index in [4.69, 9.17) is 16.3 Å². The van der Waals surface area contributed by atoms with Gasteiger partial charge in [-0.25, -0.2) is 0 Å². The SMILES string of the molecule is CCOc1cccc(C(C)NC(=O)c2cn(C)nc2-c2ccccc2Cl)c1. The van der Waals surface area contributed by atoms with Crippen LogP contribution < -0.4 is 10.1 Å². The van der Waals surface area contributed by atoms with E-state index >= 15 is 0 Å². The summed E-state index contributed by atoms with van der Waals surface area (Å²) in [6.45, 7) is 4.48. The Balaban J connectivity index is 1.85. The Morgan fingerprint density at radius 3 is 2.78 bits per heavy atom. The molecule has 27 heavy (non-hydrogen) atoms. The fourth-order valence-electron chi connectivity index (χ4n) is 2.90. The van der Waals surface area contributed by atoms with Crippen LogP contribution in [0.15, 0.2) is 54.7 Å². The van der Waals surface area contributed by atoms with Gasteiger partial charge in [-0.2, -0.15) is 5.10 Å². The van der Waals surface area contributed by atoms with Crippen molar-refractivity contribution in [3.05, 3.63) is 70.9 Å². The van der Waals surface area contributed by atoms with E-state index in [9.17, 15) is 4.79 Å². The van der Waals surface area contributed by atoms with Crippen LogP contribution >= 0.6 is 11.6 Å². The lowest BCUT2D eigenvalue weighted by Crippen LogP contribution is -2.26. The van der Waals surface area contributed by atoms with Crippen molar-refractivity contribution in [2.75, 3.05) is 6.61 Å². The smallest absolute Gasteiger partial charge is 0.255 e. The third-order valence-electron chi connectivity index (χ3n) is 4.22. The topological polar surface area (TPSA) is 56.1 Å². The molecule has 6 heteroatoms. The van der Waals surface area contributed by atoms with Crippen molar-refractivity contribution in [2.24, 2.45) is 7.05 Å². The van der Waals surface area contributed by atoms with E-state index in [1.807, 2.05) is 56.3 Å². The van der Waals surface area contributed by atoms with Crippen LogP contribution in [0.3, 0.4) is 0 Å². The van der Waals surface area contributed by atoms with Gasteiger partial charge >= 0.3 is 0 Å². The maximum Gasteiger partial charge on any atom is 0.255 e. The largest absolute Gasteiger partial charge is 0.494 e. The minimum Gasteiger partial charge on any atom is -0.494 e. The standard InChI is InChI=1S/C21H22ClN3O2/c1-4-27-16-9-7-8-15(12-16)14(2)23-21(26)18-13-25(3)24-20(18)17-10-5-6-11-19(17)22/h5-14H,4H2,1-3H3,(H,23,26). The first-order valence-electron chi connectivity index (χ1n) is 8.81. The molecule has 0 bridgehead atoms. The third-order valence-corrected chi connectivity index (χ3v) is 4.55. The van der Waals surface area contributed by atoms with Crippen LogP contribution in [-0.4, -0.2) is 22.3 Å². The minimum absolute atomic E-state index is 0.183. The number of rotatable bonds is 6. The maximum atomic E-state index is 12.9. The van der Waals surface area contributed by atoms with Gasteiger partial charge in [-0.15, -0.1) is 0 Å². The van der Waals surface area contributed by atoms with Crippen LogP contribution in [0.25, 0.3) is 11.3 Å². The number of hydrogen-bond acceptors (Lipinski definition) is 3. The Kier molecular flexibility index (Phi) is 5.81. The summed E-state index contributed by atoms with van der Waals surface area (Å²) in [5.41, 5.74) is 2.75. The lowest BCUT2D eigenvalue weighted by atomic mass is 10.1. The van der Waals surface area contributed by atoms with Crippen molar-refractivity contribution in [3.63, 3.8) is 0 Å². The number of hydrogen-bond donors (Lipinski definition) is 1. The van der Waals surface area contributed by atoms with E-state index in [1.54, 1.807) is 24.0 Å². The Labute approximate surface area is 163 Å². The van der Waals surface area contributed by atoms with Gasteiger partial charge in [0.15, 0.2) is 0 Å². The Morgan fingerprint density at radius 1 is 1.26 bits per heavy atom. The van der Waals surface area contributed by atoms with E-state index in [-0.39, 0.29) is 11.9 Å². The Morgan fingerprint density at radius 2 is 2.04 bits per heavy atom. The highest BCUT2D eigenvalue weighted by molar-refractivity contribution is 6.33. The summed E-state index contributed by atoms with van der Waals surface area (Å²) in [6, 6.07) is 14.9. The summed E-state index contributed by atoms with van der Waals surface area (Å²) in [7, 11) is 1.78. The van der Waals surface area contributed by atoms with E-state index in [0.29, 0.717) is 22.9 Å². The monoisotopic (exact) mass is 383 g/mol. The molecule has 0 saturated heterocycles. The molecule has 0 radical (unpaired) electrons. The number of amides is 1. The molecule has 0 aliphatic rings. The zero-order valence-corrected chi connectivity index (χ0v) is 16.3. The highest BCUT2D eigenvalue weighted by Crippen LogP contribution is 2.29. The summed E-state index contributed by atoms with van der Waals surface area (Å²) in [5, 5.41) is 8.02. The number of ether oxygens (including phenoxy) is 1. The molecule has 0 saturated carbocycles. The number of aromatic nitrogens is 2. The van der Waals surface area contributed by atoms with Gasteiger partial charge < -0.3 is 10.1 Å². The van der Waals surface area contributed by atoms with Gasteiger partial charge in [0.25, 0.3) is 5.91 Å². The van der Waals surface area contributed by atoms with Crippen LogP contribution in [0.4, 0.5) is 0 Å². The number of halogens is 1. The highest BCUT2D eigenvalue weighted by atomic mass is 35.5.